The van der Waals surface area contributed by atoms with E-state index >= 15 is 0 Å². The molecule has 0 spiro atoms. The summed E-state index contributed by atoms with van der Waals surface area (Å²) in [6, 6.07) is 14.9. The molecule has 110 valence electrons. The molecule has 0 bridgehead atoms. The van der Waals surface area contributed by atoms with Gasteiger partial charge in [-0.25, -0.2) is 0 Å². The second-order valence-electron chi connectivity index (χ2n) is 4.52. The molecule has 3 rings (SSSR count). The minimum atomic E-state index is -0.128. The summed E-state index contributed by atoms with van der Waals surface area (Å²) < 4.78 is 1.47. The number of thiocarbonyl (C=S) groups is 1. The molecule has 1 heterocycles. The molecule has 0 radical (unpaired) electrons. The summed E-state index contributed by atoms with van der Waals surface area (Å²) in [5.74, 6) is -0.128. The van der Waals surface area contributed by atoms with Crippen LogP contribution in [-0.2, 0) is 4.79 Å². The Kier molecular flexibility index (Phi) is 4.68. The first-order valence-corrected chi connectivity index (χ1v) is 8.74. The monoisotopic (exact) mass is 409 g/mol. The third-order valence-electron chi connectivity index (χ3n) is 3.07. The van der Waals surface area contributed by atoms with Gasteiger partial charge in [0.2, 0.25) is 0 Å². The molecule has 22 heavy (non-hydrogen) atoms. The van der Waals surface area contributed by atoms with Crippen molar-refractivity contribution in [3.63, 3.8) is 0 Å². The Morgan fingerprint density at radius 1 is 1.14 bits per heavy atom. The van der Waals surface area contributed by atoms with Crippen LogP contribution in [0, 0.1) is 0 Å². The number of hydrogen-bond acceptors (Lipinski definition) is 3. The fourth-order valence-corrected chi connectivity index (χ4v) is 3.76. The van der Waals surface area contributed by atoms with E-state index in [9.17, 15) is 4.79 Å². The van der Waals surface area contributed by atoms with E-state index in [4.69, 9.17) is 23.8 Å². The Hall–Kier alpha value is -1.14. The maximum Gasteiger partial charge on any atom is 0.270 e. The van der Waals surface area contributed by atoms with Gasteiger partial charge in [-0.1, -0.05) is 69.7 Å². The highest BCUT2D eigenvalue weighted by atomic mass is 79.9. The summed E-state index contributed by atoms with van der Waals surface area (Å²) in [5, 5.41) is 0.608. The fraction of sp³-hybridized carbons (Fsp3) is 0. The number of benzene rings is 2. The SMILES string of the molecule is O=C1/C(=C/c2ccccc2Cl)SC(=S)N1c1ccc(Br)cc1. The van der Waals surface area contributed by atoms with Crippen molar-refractivity contribution in [2.24, 2.45) is 0 Å². The van der Waals surface area contributed by atoms with Crippen molar-refractivity contribution >= 4 is 73.5 Å². The molecule has 0 atom stereocenters. The Morgan fingerprint density at radius 2 is 1.82 bits per heavy atom. The van der Waals surface area contributed by atoms with Crippen molar-refractivity contribution in [2.75, 3.05) is 4.90 Å². The predicted molar refractivity (Wildman–Crippen MR) is 101 cm³/mol. The van der Waals surface area contributed by atoms with Crippen LogP contribution in [0.3, 0.4) is 0 Å². The average Bonchev–Trinajstić information content (AvgIpc) is 2.77. The average molecular weight is 411 g/mol. The van der Waals surface area contributed by atoms with Gasteiger partial charge >= 0.3 is 0 Å². The van der Waals surface area contributed by atoms with Crippen LogP contribution in [0.15, 0.2) is 57.9 Å². The number of hydrogen-bond donors (Lipinski definition) is 0. The molecule has 2 nitrogen and oxygen atoms in total. The third-order valence-corrected chi connectivity index (χ3v) is 5.25. The quantitative estimate of drug-likeness (QED) is 0.481. The maximum atomic E-state index is 12.6. The summed E-state index contributed by atoms with van der Waals surface area (Å²) in [4.78, 5) is 14.7. The Bertz CT molecular complexity index is 789. The van der Waals surface area contributed by atoms with Crippen molar-refractivity contribution in [3.8, 4) is 0 Å². The Morgan fingerprint density at radius 3 is 2.50 bits per heavy atom. The van der Waals surface area contributed by atoms with Crippen LogP contribution in [-0.4, -0.2) is 10.2 Å². The molecule has 2 aromatic rings. The summed E-state index contributed by atoms with van der Waals surface area (Å²) in [7, 11) is 0. The van der Waals surface area contributed by atoms with Crippen molar-refractivity contribution in [1.29, 1.82) is 0 Å². The van der Waals surface area contributed by atoms with E-state index in [1.165, 1.54) is 16.7 Å². The van der Waals surface area contributed by atoms with Crippen molar-refractivity contribution in [2.45, 2.75) is 0 Å². The summed E-state index contributed by atoms with van der Waals surface area (Å²) in [6.07, 6.45) is 1.78. The minimum absolute atomic E-state index is 0.128. The number of nitrogens with zero attached hydrogens (tertiary/aromatic N) is 1. The van der Waals surface area contributed by atoms with Crippen molar-refractivity contribution in [1.82, 2.24) is 0 Å². The summed E-state index contributed by atoms with van der Waals surface area (Å²) in [5.41, 5.74) is 1.56. The van der Waals surface area contributed by atoms with E-state index in [-0.39, 0.29) is 5.91 Å². The van der Waals surface area contributed by atoms with Crippen LogP contribution in [0.5, 0.6) is 0 Å². The molecule has 0 saturated carbocycles. The lowest BCUT2D eigenvalue weighted by molar-refractivity contribution is -0.113. The largest absolute Gasteiger partial charge is 0.270 e. The minimum Gasteiger partial charge on any atom is -0.268 e. The van der Waals surface area contributed by atoms with E-state index < -0.39 is 0 Å². The van der Waals surface area contributed by atoms with Crippen LogP contribution >= 0.6 is 51.5 Å². The van der Waals surface area contributed by atoms with E-state index in [2.05, 4.69) is 15.9 Å². The number of thioether (sulfide) groups is 1. The smallest absolute Gasteiger partial charge is 0.268 e. The maximum absolute atomic E-state index is 12.6. The highest BCUT2D eigenvalue weighted by Gasteiger charge is 2.33. The van der Waals surface area contributed by atoms with Crippen LogP contribution in [0.2, 0.25) is 5.02 Å². The van der Waals surface area contributed by atoms with Gasteiger partial charge in [0, 0.05) is 9.50 Å². The van der Waals surface area contributed by atoms with Gasteiger partial charge in [0.1, 0.15) is 0 Å². The zero-order valence-electron chi connectivity index (χ0n) is 11.1. The van der Waals surface area contributed by atoms with E-state index in [0.717, 1.165) is 15.7 Å². The summed E-state index contributed by atoms with van der Waals surface area (Å²) >= 11 is 16.1. The Labute approximate surface area is 151 Å². The zero-order valence-corrected chi connectivity index (χ0v) is 15.1. The Balaban J connectivity index is 1.95. The summed E-state index contributed by atoms with van der Waals surface area (Å²) in [6.45, 7) is 0. The first-order chi connectivity index (χ1) is 10.6. The lowest BCUT2D eigenvalue weighted by Gasteiger charge is -2.14. The predicted octanol–water partition coefficient (Wildman–Crippen LogP) is 5.51. The van der Waals surface area contributed by atoms with Crippen LogP contribution < -0.4 is 4.90 Å². The van der Waals surface area contributed by atoms with Gasteiger partial charge in [-0.15, -0.1) is 0 Å². The normalized spacial score (nSPS) is 16.6. The van der Waals surface area contributed by atoms with Gasteiger partial charge in [0.05, 0.1) is 10.6 Å². The number of rotatable bonds is 2. The molecule has 6 heteroatoms. The fourth-order valence-electron chi connectivity index (χ4n) is 2.01. The number of amides is 1. The van der Waals surface area contributed by atoms with Gasteiger partial charge in [-0.2, -0.15) is 0 Å². The number of carbonyl (C=O) groups excluding carboxylic acids is 1. The van der Waals surface area contributed by atoms with Crippen LogP contribution in [0.1, 0.15) is 5.56 Å². The van der Waals surface area contributed by atoms with Gasteiger partial charge in [-0.05, 0) is 42.0 Å². The van der Waals surface area contributed by atoms with Crippen molar-refractivity contribution < 1.29 is 4.79 Å². The van der Waals surface area contributed by atoms with Gasteiger partial charge in [0.15, 0.2) is 4.32 Å². The van der Waals surface area contributed by atoms with Crippen LogP contribution in [0.4, 0.5) is 5.69 Å². The zero-order chi connectivity index (χ0) is 15.7. The third kappa shape index (κ3) is 3.13. The molecule has 0 unspecified atom stereocenters. The molecule has 2 aromatic carbocycles. The molecular formula is C16H9BrClNOS2. The molecule has 1 aliphatic rings. The van der Waals surface area contributed by atoms with Crippen molar-refractivity contribution in [3.05, 3.63) is 68.5 Å². The first-order valence-electron chi connectivity index (χ1n) is 6.34. The molecule has 1 saturated heterocycles. The first kappa shape index (κ1) is 15.7. The number of carbonyl (C=O) groups is 1. The topological polar surface area (TPSA) is 20.3 Å². The second-order valence-corrected chi connectivity index (χ2v) is 7.51. The molecule has 0 aliphatic carbocycles. The molecule has 1 fully saturated rings. The highest BCUT2D eigenvalue weighted by molar-refractivity contribution is 9.10. The van der Waals surface area contributed by atoms with E-state index in [0.29, 0.717) is 14.2 Å². The molecule has 0 N–H and O–H groups in total. The van der Waals surface area contributed by atoms with Gasteiger partial charge in [-0.3, -0.25) is 9.69 Å². The van der Waals surface area contributed by atoms with E-state index in [1.807, 2.05) is 42.5 Å². The van der Waals surface area contributed by atoms with Gasteiger partial charge in [0.25, 0.3) is 5.91 Å². The van der Waals surface area contributed by atoms with E-state index in [1.54, 1.807) is 12.1 Å². The molecular weight excluding hydrogens is 402 g/mol. The number of anilines is 1. The standard InChI is InChI=1S/C16H9BrClNOS2/c17-11-5-7-12(8-6-11)19-15(20)14(22-16(19)21)9-10-3-1-2-4-13(10)18/h1-9H/b14-9-. The second kappa shape index (κ2) is 6.54. The molecule has 1 amide bonds. The lowest BCUT2D eigenvalue weighted by Crippen LogP contribution is -2.27. The number of halogens is 2. The van der Waals surface area contributed by atoms with Gasteiger partial charge < -0.3 is 0 Å². The molecule has 0 aromatic heterocycles. The highest BCUT2D eigenvalue weighted by Crippen LogP contribution is 2.37. The molecule has 1 aliphatic heterocycles. The lowest BCUT2D eigenvalue weighted by atomic mass is 10.2. The van der Waals surface area contributed by atoms with Crippen LogP contribution in [0.25, 0.3) is 6.08 Å².